The van der Waals surface area contributed by atoms with Gasteiger partial charge in [0.2, 0.25) is 5.91 Å². The van der Waals surface area contributed by atoms with Crippen LogP contribution in [-0.4, -0.2) is 32.1 Å². The Morgan fingerprint density at radius 3 is 2.74 bits per heavy atom. The average molecular weight is 419 g/mol. The van der Waals surface area contributed by atoms with Crippen molar-refractivity contribution in [1.82, 2.24) is 15.0 Å². The second kappa shape index (κ2) is 8.36. The van der Waals surface area contributed by atoms with E-state index in [1.54, 1.807) is 18.5 Å². The molecule has 31 heavy (non-hydrogen) atoms. The fourth-order valence-corrected chi connectivity index (χ4v) is 3.54. The molecule has 158 valence electrons. The predicted molar refractivity (Wildman–Crippen MR) is 114 cm³/mol. The zero-order chi connectivity index (χ0) is 22.1. The number of aromatic nitrogens is 3. The second-order valence-corrected chi connectivity index (χ2v) is 7.83. The highest BCUT2D eigenvalue weighted by Crippen LogP contribution is 2.35. The molecule has 1 saturated carbocycles. The first kappa shape index (κ1) is 20.8. The topological polar surface area (TPSA) is 112 Å². The predicted octanol–water partition coefficient (Wildman–Crippen LogP) is 4.00. The van der Waals surface area contributed by atoms with Gasteiger partial charge in [0.25, 0.3) is 0 Å². The third-order valence-corrected chi connectivity index (χ3v) is 5.43. The van der Waals surface area contributed by atoms with Gasteiger partial charge in [-0.1, -0.05) is 13.3 Å². The second-order valence-electron chi connectivity index (χ2n) is 7.83. The minimum absolute atomic E-state index is 0.216. The number of fused-ring (bicyclic) bond motifs is 1. The van der Waals surface area contributed by atoms with Gasteiger partial charge in [0, 0.05) is 35.0 Å². The van der Waals surface area contributed by atoms with E-state index in [9.17, 15) is 19.6 Å². The van der Waals surface area contributed by atoms with E-state index in [0.717, 1.165) is 17.5 Å². The number of nitrogens with zero attached hydrogens (tertiary/aromatic N) is 4. The minimum atomic E-state index is -1.09. The van der Waals surface area contributed by atoms with Crippen LogP contribution in [0.15, 0.2) is 30.6 Å². The number of aryl methyl sites for hydroxylation is 1. The van der Waals surface area contributed by atoms with Crippen LogP contribution in [0.4, 0.5) is 10.2 Å². The summed E-state index contributed by atoms with van der Waals surface area (Å²) in [5.74, 6) is -0.742. The summed E-state index contributed by atoms with van der Waals surface area (Å²) in [6.07, 6.45) is 3.22. The van der Waals surface area contributed by atoms with Crippen molar-refractivity contribution >= 4 is 22.6 Å². The molecule has 1 aliphatic carbocycles. The molecule has 2 N–H and O–H groups in total. The third-order valence-electron chi connectivity index (χ3n) is 5.43. The van der Waals surface area contributed by atoms with E-state index in [-0.39, 0.29) is 17.9 Å². The number of carbonyl (C=O) groups is 1. The molecule has 1 fully saturated rings. The Kier molecular flexibility index (Phi) is 5.61. The Morgan fingerprint density at radius 1 is 1.32 bits per heavy atom. The standard InChI is InChI=1S/C23H22FN5O2/c1-3-4-21(30)19-5-12(2)16(11-26-19)14-6-13-10-27-22(8-18(13)28-20(14)9-25)29-23(31)15-7-17(15)24/h5-6,8,10-11,15,17,21,30H,3-4,7H2,1-2H3,(H,27,29,31)/t15-,17+,21+/m0/s1. The van der Waals surface area contributed by atoms with Crippen LogP contribution in [0.1, 0.15) is 49.2 Å². The number of halogens is 1. The number of aliphatic hydroxyl groups excluding tert-OH is 1. The summed E-state index contributed by atoms with van der Waals surface area (Å²) >= 11 is 0. The number of nitrogens with one attached hydrogen (secondary N) is 1. The van der Waals surface area contributed by atoms with E-state index in [1.165, 1.54) is 0 Å². The number of nitriles is 1. The van der Waals surface area contributed by atoms with Crippen molar-refractivity contribution in [2.24, 2.45) is 5.92 Å². The molecule has 1 amide bonds. The van der Waals surface area contributed by atoms with E-state index >= 15 is 0 Å². The van der Waals surface area contributed by atoms with Gasteiger partial charge in [-0.15, -0.1) is 0 Å². The summed E-state index contributed by atoms with van der Waals surface area (Å²) in [7, 11) is 0. The summed E-state index contributed by atoms with van der Waals surface area (Å²) in [6, 6.07) is 7.33. The van der Waals surface area contributed by atoms with Gasteiger partial charge >= 0.3 is 0 Å². The molecule has 4 rings (SSSR count). The van der Waals surface area contributed by atoms with Gasteiger partial charge in [-0.3, -0.25) is 9.78 Å². The first-order chi connectivity index (χ1) is 14.9. The maximum absolute atomic E-state index is 13.1. The first-order valence-corrected chi connectivity index (χ1v) is 10.2. The molecule has 0 aromatic carbocycles. The Hall–Kier alpha value is -3.44. The van der Waals surface area contributed by atoms with E-state index in [0.29, 0.717) is 28.6 Å². The van der Waals surface area contributed by atoms with Crippen LogP contribution in [0.2, 0.25) is 0 Å². The van der Waals surface area contributed by atoms with Gasteiger partial charge in [0.15, 0.2) is 0 Å². The lowest BCUT2D eigenvalue weighted by Gasteiger charge is -2.13. The molecular weight excluding hydrogens is 397 g/mol. The van der Waals surface area contributed by atoms with Crippen LogP contribution in [-0.2, 0) is 4.79 Å². The maximum Gasteiger partial charge on any atom is 0.231 e. The van der Waals surface area contributed by atoms with Crippen LogP contribution in [0.5, 0.6) is 0 Å². The number of aliphatic hydroxyl groups is 1. The number of anilines is 1. The summed E-state index contributed by atoms with van der Waals surface area (Å²) in [4.78, 5) is 25.0. The van der Waals surface area contributed by atoms with Gasteiger partial charge in [-0.25, -0.2) is 14.4 Å². The van der Waals surface area contributed by atoms with Crippen molar-refractivity contribution in [3.05, 3.63) is 47.5 Å². The molecular formula is C23H22FN5O2. The quantitative estimate of drug-likeness (QED) is 0.625. The smallest absolute Gasteiger partial charge is 0.231 e. The molecule has 8 heteroatoms. The molecule has 3 aromatic rings. The Labute approximate surface area is 179 Å². The molecule has 0 unspecified atom stereocenters. The third kappa shape index (κ3) is 4.23. The van der Waals surface area contributed by atoms with Gasteiger partial charge in [-0.2, -0.15) is 5.26 Å². The molecule has 7 nitrogen and oxygen atoms in total. The monoisotopic (exact) mass is 419 g/mol. The lowest BCUT2D eigenvalue weighted by atomic mass is 9.98. The summed E-state index contributed by atoms with van der Waals surface area (Å²) < 4.78 is 13.1. The van der Waals surface area contributed by atoms with Gasteiger partial charge in [0.05, 0.1) is 23.2 Å². The highest BCUT2D eigenvalue weighted by Gasteiger charge is 2.43. The number of amides is 1. The number of hydrogen-bond acceptors (Lipinski definition) is 6. The molecule has 0 radical (unpaired) electrons. The molecule has 3 atom stereocenters. The van der Waals surface area contributed by atoms with Crippen molar-refractivity contribution in [1.29, 1.82) is 5.26 Å². The van der Waals surface area contributed by atoms with Crippen molar-refractivity contribution < 1.29 is 14.3 Å². The lowest BCUT2D eigenvalue weighted by molar-refractivity contribution is -0.117. The summed E-state index contributed by atoms with van der Waals surface area (Å²) in [5, 5.41) is 23.2. The molecule has 3 heterocycles. The first-order valence-electron chi connectivity index (χ1n) is 10.2. The van der Waals surface area contributed by atoms with Crippen molar-refractivity contribution in [2.45, 2.75) is 45.4 Å². The fourth-order valence-electron chi connectivity index (χ4n) is 3.54. The lowest BCUT2D eigenvalue weighted by Crippen LogP contribution is -2.15. The molecule has 3 aromatic heterocycles. The molecule has 0 aliphatic heterocycles. The van der Waals surface area contributed by atoms with Crippen LogP contribution in [0, 0.1) is 24.2 Å². The molecule has 0 bridgehead atoms. The van der Waals surface area contributed by atoms with Gasteiger partial charge in [-0.05, 0) is 37.5 Å². The van der Waals surface area contributed by atoms with E-state index in [1.807, 2.05) is 26.0 Å². The van der Waals surface area contributed by atoms with Crippen LogP contribution in [0.25, 0.3) is 22.0 Å². The fraction of sp³-hybridized carbons (Fsp3) is 0.348. The molecule has 1 aliphatic rings. The summed E-state index contributed by atoms with van der Waals surface area (Å²) in [6.45, 7) is 3.90. The molecule has 0 saturated heterocycles. The number of carbonyl (C=O) groups excluding carboxylic acids is 1. The zero-order valence-electron chi connectivity index (χ0n) is 17.3. The van der Waals surface area contributed by atoms with E-state index in [2.05, 4.69) is 26.3 Å². The number of pyridine rings is 3. The van der Waals surface area contributed by atoms with Crippen LogP contribution in [0.3, 0.4) is 0 Å². The van der Waals surface area contributed by atoms with Crippen LogP contribution < -0.4 is 5.32 Å². The normalized spacial score (nSPS) is 18.4. The number of alkyl halides is 1. The Morgan fingerprint density at radius 2 is 2.10 bits per heavy atom. The number of hydrogen-bond donors (Lipinski definition) is 2. The summed E-state index contributed by atoms with van der Waals surface area (Å²) in [5.41, 5.74) is 3.56. The minimum Gasteiger partial charge on any atom is -0.387 e. The zero-order valence-corrected chi connectivity index (χ0v) is 17.3. The van der Waals surface area contributed by atoms with Gasteiger partial charge in [0.1, 0.15) is 23.8 Å². The highest BCUT2D eigenvalue weighted by atomic mass is 19.1. The highest BCUT2D eigenvalue weighted by molar-refractivity contribution is 5.96. The van der Waals surface area contributed by atoms with E-state index < -0.39 is 24.1 Å². The average Bonchev–Trinajstić information content (AvgIpc) is 3.49. The SMILES string of the molecule is CCC[C@@H](O)c1cc(C)c(-c2cc3cnc(NC(=O)[C@H]4C[C@H]4F)cc3nc2C#N)cn1. The maximum atomic E-state index is 13.1. The molecule has 0 spiro atoms. The van der Waals surface area contributed by atoms with Crippen LogP contribution >= 0.6 is 0 Å². The van der Waals surface area contributed by atoms with Gasteiger partial charge < -0.3 is 10.4 Å². The van der Waals surface area contributed by atoms with E-state index in [4.69, 9.17) is 0 Å². The van der Waals surface area contributed by atoms with Crippen molar-refractivity contribution in [3.8, 4) is 17.2 Å². The Bertz CT molecular complexity index is 1210. The largest absolute Gasteiger partial charge is 0.387 e. The Balaban J connectivity index is 1.68. The van der Waals surface area contributed by atoms with Crippen molar-refractivity contribution in [3.63, 3.8) is 0 Å². The van der Waals surface area contributed by atoms with Crippen molar-refractivity contribution in [2.75, 3.05) is 5.32 Å². The number of rotatable bonds is 6.